The van der Waals surface area contributed by atoms with Gasteiger partial charge in [-0.05, 0) is 61.0 Å². The number of H-pyrrole nitrogens is 1. The highest BCUT2D eigenvalue weighted by atomic mass is 35.5. The Bertz CT molecular complexity index is 1370. The predicted octanol–water partition coefficient (Wildman–Crippen LogP) is 5.85. The lowest BCUT2D eigenvalue weighted by Crippen LogP contribution is -2.23. The third-order valence-corrected chi connectivity index (χ3v) is 6.37. The van der Waals surface area contributed by atoms with Crippen LogP contribution >= 0.6 is 34.8 Å². The van der Waals surface area contributed by atoms with E-state index in [0.717, 1.165) is 5.56 Å². The summed E-state index contributed by atoms with van der Waals surface area (Å²) in [6.07, 6.45) is 0.427. The first-order valence-electron chi connectivity index (χ1n) is 10.4. The van der Waals surface area contributed by atoms with E-state index in [1.165, 1.54) is 0 Å². The van der Waals surface area contributed by atoms with Crippen molar-refractivity contribution in [3.63, 3.8) is 0 Å². The summed E-state index contributed by atoms with van der Waals surface area (Å²) >= 11 is 18.3. The van der Waals surface area contributed by atoms with Gasteiger partial charge >= 0.3 is 0 Å². The van der Waals surface area contributed by atoms with Crippen LogP contribution in [0.3, 0.4) is 0 Å². The molecule has 0 bridgehead atoms. The van der Waals surface area contributed by atoms with Gasteiger partial charge in [0.2, 0.25) is 5.91 Å². The summed E-state index contributed by atoms with van der Waals surface area (Å²) < 4.78 is 0. The van der Waals surface area contributed by atoms with Crippen molar-refractivity contribution >= 4 is 69.0 Å². The fourth-order valence-electron chi connectivity index (χ4n) is 3.58. The summed E-state index contributed by atoms with van der Waals surface area (Å²) in [6, 6.07) is 17.1. The molecular formula is C24H20Cl3N5O2. The number of halogens is 3. The number of benzene rings is 3. The van der Waals surface area contributed by atoms with Crippen LogP contribution in [0.4, 0.5) is 11.5 Å². The number of anilines is 2. The Hall–Kier alpha value is -3.10. The van der Waals surface area contributed by atoms with Gasteiger partial charge in [0.05, 0.1) is 32.1 Å². The second-order valence-corrected chi connectivity index (χ2v) is 8.78. The number of nitrogens with zero attached hydrogens (tertiary/aromatic N) is 1. The van der Waals surface area contributed by atoms with Crippen LogP contribution in [0.15, 0.2) is 60.7 Å². The molecule has 4 aromatic rings. The van der Waals surface area contributed by atoms with Crippen molar-refractivity contribution in [2.75, 3.05) is 17.2 Å². The molecule has 174 valence electrons. The van der Waals surface area contributed by atoms with Crippen molar-refractivity contribution in [3.05, 3.63) is 86.9 Å². The van der Waals surface area contributed by atoms with Crippen LogP contribution in [0, 0.1) is 0 Å². The van der Waals surface area contributed by atoms with Crippen molar-refractivity contribution in [2.45, 2.75) is 12.3 Å². The summed E-state index contributed by atoms with van der Waals surface area (Å²) in [5.41, 5.74) is 8.02. The average molecular weight is 517 g/mol. The molecule has 1 unspecified atom stereocenters. The maximum atomic E-state index is 13.1. The predicted molar refractivity (Wildman–Crippen MR) is 137 cm³/mol. The zero-order valence-electron chi connectivity index (χ0n) is 17.7. The zero-order valence-corrected chi connectivity index (χ0v) is 20.0. The number of amides is 2. The van der Waals surface area contributed by atoms with E-state index in [4.69, 9.17) is 40.5 Å². The molecule has 1 aromatic heterocycles. The van der Waals surface area contributed by atoms with Gasteiger partial charge in [0.25, 0.3) is 5.91 Å². The molecule has 0 aliphatic carbocycles. The van der Waals surface area contributed by atoms with Gasteiger partial charge < -0.3 is 16.4 Å². The summed E-state index contributed by atoms with van der Waals surface area (Å²) in [4.78, 5) is 25.8. The largest absolute Gasteiger partial charge is 0.330 e. The van der Waals surface area contributed by atoms with Gasteiger partial charge in [-0.15, -0.1) is 0 Å². The highest BCUT2D eigenvalue weighted by molar-refractivity contribution is 6.42. The molecule has 7 nitrogen and oxygen atoms in total. The maximum absolute atomic E-state index is 13.1. The van der Waals surface area contributed by atoms with Crippen LogP contribution in [0.25, 0.3) is 10.9 Å². The van der Waals surface area contributed by atoms with Crippen LogP contribution < -0.4 is 16.4 Å². The second-order valence-electron chi connectivity index (χ2n) is 7.56. The molecule has 0 spiro atoms. The van der Waals surface area contributed by atoms with Crippen molar-refractivity contribution in [1.29, 1.82) is 0 Å². The Balaban J connectivity index is 1.57. The molecule has 5 N–H and O–H groups in total. The molecule has 0 saturated heterocycles. The minimum Gasteiger partial charge on any atom is -0.330 e. The van der Waals surface area contributed by atoms with E-state index in [0.29, 0.717) is 56.0 Å². The molecule has 34 heavy (non-hydrogen) atoms. The number of aromatic nitrogens is 2. The van der Waals surface area contributed by atoms with Gasteiger partial charge in [0, 0.05) is 11.1 Å². The molecule has 0 aliphatic heterocycles. The highest BCUT2D eigenvalue weighted by Crippen LogP contribution is 2.30. The number of aromatic amines is 1. The van der Waals surface area contributed by atoms with E-state index in [1.807, 2.05) is 0 Å². The molecular weight excluding hydrogens is 497 g/mol. The van der Waals surface area contributed by atoms with Crippen molar-refractivity contribution < 1.29 is 9.59 Å². The summed E-state index contributed by atoms with van der Waals surface area (Å²) in [5, 5.41) is 14.5. The third kappa shape index (κ3) is 5.18. The summed E-state index contributed by atoms with van der Waals surface area (Å²) in [6.45, 7) is 0.317. The minimum absolute atomic E-state index is 0.242. The molecule has 3 aromatic carbocycles. The molecule has 1 atom stereocenters. The molecule has 0 saturated carbocycles. The van der Waals surface area contributed by atoms with Crippen LogP contribution in [0.1, 0.15) is 28.3 Å². The van der Waals surface area contributed by atoms with Gasteiger partial charge in [-0.2, -0.15) is 5.10 Å². The quantitative estimate of drug-likeness (QED) is 0.247. The smallest absolute Gasteiger partial charge is 0.258 e. The lowest BCUT2D eigenvalue weighted by atomic mass is 9.94. The Labute approximate surface area is 210 Å². The minimum atomic E-state index is -0.515. The number of nitrogens with two attached hydrogens (primary N) is 1. The van der Waals surface area contributed by atoms with E-state index in [9.17, 15) is 9.59 Å². The normalized spacial score (nSPS) is 11.9. The molecule has 10 heteroatoms. The van der Waals surface area contributed by atoms with E-state index >= 15 is 0 Å². The third-order valence-electron chi connectivity index (χ3n) is 5.30. The number of hydrogen-bond donors (Lipinski definition) is 4. The number of carbonyl (C=O) groups is 2. The Morgan fingerprint density at radius 1 is 0.941 bits per heavy atom. The van der Waals surface area contributed by atoms with Gasteiger partial charge in [0.1, 0.15) is 0 Å². The Morgan fingerprint density at radius 3 is 2.47 bits per heavy atom. The molecule has 0 aliphatic rings. The molecule has 0 fully saturated rings. The monoisotopic (exact) mass is 515 g/mol. The fourth-order valence-corrected chi connectivity index (χ4v) is 4.11. The van der Waals surface area contributed by atoms with Gasteiger partial charge in [-0.3, -0.25) is 14.7 Å². The summed E-state index contributed by atoms with van der Waals surface area (Å²) in [5.74, 6) is -0.831. The van der Waals surface area contributed by atoms with Crippen molar-refractivity contribution in [3.8, 4) is 0 Å². The first-order chi connectivity index (χ1) is 16.4. The van der Waals surface area contributed by atoms with Crippen LogP contribution in [0.2, 0.25) is 15.1 Å². The summed E-state index contributed by atoms with van der Waals surface area (Å²) in [7, 11) is 0. The van der Waals surface area contributed by atoms with E-state index in [-0.39, 0.29) is 5.91 Å². The SMILES string of the molecule is NCCC(C(=O)Nc1ccc2[nH]nc(NC(=O)c3ccccc3Cl)c2c1)c1ccc(Cl)c(Cl)c1. The number of hydrogen-bond acceptors (Lipinski definition) is 4. The second kappa shape index (κ2) is 10.4. The molecule has 2 amide bonds. The standard InChI is InChI=1S/C24H20Cl3N5O2/c25-18-4-2-1-3-16(18)24(34)30-22-17-12-14(6-8-21(17)31-32-22)29-23(33)15(9-10-28)13-5-7-19(26)20(27)11-13/h1-8,11-12,15H,9-10,28H2,(H,29,33)(H2,30,31,32,34). The average Bonchev–Trinajstić information content (AvgIpc) is 3.21. The number of fused-ring (bicyclic) bond motifs is 1. The van der Waals surface area contributed by atoms with Crippen molar-refractivity contribution in [1.82, 2.24) is 10.2 Å². The van der Waals surface area contributed by atoms with E-state index in [2.05, 4.69) is 20.8 Å². The van der Waals surface area contributed by atoms with Crippen LogP contribution in [-0.2, 0) is 4.79 Å². The maximum Gasteiger partial charge on any atom is 0.258 e. The fraction of sp³-hybridized carbons (Fsp3) is 0.125. The number of rotatable bonds is 7. The Morgan fingerprint density at radius 2 is 1.74 bits per heavy atom. The van der Waals surface area contributed by atoms with Crippen LogP contribution in [-0.4, -0.2) is 28.6 Å². The lowest BCUT2D eigenvalue weighted by Gasteiger charge is -2.17. The lowest BCUT2D eigenvalue weighted by molar-refractivity contribution is -0.117. The Kier molecular flexibility index (Phi) is 7.38. The van der Waals surface area contributed by atoms with Gasteiger partial charge in [-0.1, -0.05) is 53.0 Å². The van der Waals surface area contributed by atoms with E-state index in [1.54, 1.807) is 60.7 Å². The molecule has 0 radical (unpaired) electrons. The molecule has 4 rings (SSSR count). The first-order valence-corrected chi connectivity index (χ1v) is 11.5. The molecule has 1 heterocycles. The zero-order chi connectivity index (χ0) is 24.2. The van der Waals surface area contributed by atoms with E-state index < -0.39 is 11.8 Å². The number of nitrogens with one attached hydrogen (secondary N) is 3. The topological polar surface area (TPSA) is 113 Å². The van der Waals surface area contributed by atoms with Gasteiger partial charge in [-0.25, -0.2) is 0 Å². The van der Waals surface area contributed by atoms with Crippen molar-refractivity contribution in [2.24, 2.45) is 5.73 Å². The number of carbonyl (C=O) groups excluding carboxylic acids is 2. The van der Waals surface area contributed by atoms with Gasteiger partial charge in [0.15, 0.2) is 5.82 Å². The van der Waals surface area contributed by atoms with Crippen LogP contribution in [0.5, 0.6) is 0 Å². The first kappa shape index (κ1) is 24.0. The highest BCUT2D eigenvalue weighted by Gasteiger charge is 2.22.